The first-order valence-electron chi connectivity index (χ1n) is 14.9. The molecule has 2 aliphatic heterocycles. The van der Waals surface area contributed by atoms with E-state index in [4.69, 9.17) is 0 Å². The average molecular weight is 620 g/mol. The van der Waals surface area contributed by atoms with Gasteiger partial charge in [-0.15, -0.1) is 0 Å². The molecule has 3 atom stereocenters. The standard InChI is InChI=1S/C32H37N5O6S/c38-29(12-4-8-24-18-15-23-7-5-19-33-30(23)35-24)34-25-16-13-22(14-17-25)21-27(32(40)41)36-31(39)28-11-6-20-37(28)44(42,43)26-9-2-1-3-10-26/h1-3,5,7,9-10,13-14,16-17,19,24,27-28H,4,6,8,11-12,15,18,20-21H2,(H,33,35)(H,34,38)(H,36,39)(H,40,41)/t24?,27-,28-/m0/s1. The van der Waals surface area contributed by atoms with E-state index >= 15 is 0 Å². The average Bonchev–Trinajstić information content (AvgIpc) is 3.53. The van der Waals surface area contributed by atoms with Crippen LogP contribution in [-0.2, 0) is 37.2 Å². The number of carbonyl (C=O) groups excluding carboxylic acids is 2. The van der Waals surface area contributed by atoms with Crippen LogP contribution in [0, 0.1) is 0 Å². The van der Waals surface area contributed by atoms with Crippen molar-refractivity contribution in [1.29, 1.82) is 0 Å². The SMILES string of the molecule is O=C(CCCC1CCc2cccnc2N1)Nc1ccc(C[C@H](NC(=O)[C@@H]2CCCN2S(=O)(=O)c2ccccc2)C(=O)O)cc1. The van der Waals surface area contributed by atoms with Crippen LogP contribution in [0.3, 0.4) is 0 Å². The first kappa shape index (κ1) is 31.1. The lowest BCUT2D eigenvalue weighted by molar-refractivity contribution is -0.142. The summed E-state index contributed by atoms with van der Waals surface area (Å²) < 4.78 is 27.4. The Kier molecular flexibility index (Phi) is 9.91. The zero-order valence-electron chi connectivity index (χ0n) is 24.3. The number of nitrogens with zero attached hydrogens (tertiary/aromatic N) is 2. The summed E-state index contributed by atoms with van der Waals surface area (Å²) in [5, 5.41) is 18.7. The Labute approximate surface area is 257 Å². The number of fused-ring (bicyclic) bond motifs is 1. The van der Waals surface area contributed by atoms with E-state index in [9.17, 15) is 27.9 Å². The van der Waals surface area contributed by atoms with Gasteiger partial charge in [0.2, 0.25) is 21.8 Å². The second kappa shape index (κ2) is 14.0. The second-order valence-corrected chi connectivity index (χ2v) is 13.1. The smallest absolute Gasteiger partial charge is 0.326 e. The molecule has 0 saturated carbocycles. The predicted molar refractivity (Wildman–Crippen MR) is 166 cm³/mol. The monoisotopic (exact) mass is 619 g/mol. The van der Waals surface area contributed by atoms with Crippen molar-refractivity contribution in [3.8, 4) is 0 Å². The quantitative estimate of drug-likeness (QED) is 0.240. The number of pyridine rings is 1. The number of carboxylic acids is 1. The number of benzene rings is 2. The lowest BCUT2D eigenvalue weighted by Gasteiger charge is -2.25. The number of rotatable bonds is 12. The van der Waals surface area contributed by atoms with Crippen LogP contribution in [0.5, 0.6) is 0 Å². The predicted octanol–water partition coefficient (Wildman–Crippen LogP) is 3.58. The number of hydrogen-bond acceptors (Lipinski definition) is 7. The molecule has 0 bridgehead atoms. The van der Waals surface area contributed by atoms with E-state index in [2.05, 4.69) is 27.0 Å². The van der Waals surface area contributed by atoms with Gasteiger partial charge in [-0.3, -0.25) is 9.59 Å². The first-order valence-corrected chi connectivity index (χ1v) is 16.3. The van der Waals surface area contributed by atoms with Crippen LogP contribution in [0.1, 0.15) is 49.7 Å². The number of anilines is 2. The van der Waals surface area contributed by atoms with Gasteiger partial charge in [0.1, 0.15) is 17.9 Å². The van der Waals surface area contributed by atoms with Gasteiger partial charge < -0.3 is 21.1 Å². The Balaban J connectivity index is 1.10. The van der Waals surface area contributed by atoms with Crippen molar-refractivity contribution in [3.05, 3.63) is 84.1 Å². The topological polar surface area (TPSA) is 158 Å². The molecule has 1 saturated heterocycles. The van der Waals surface area contributed by atoms with E-state index in [1.807, 2.05) is 6.07 Å². The maximum atomic E-state index is 13.1. The minimum atomic E-state index is -3.90. The summed E-state index contributed by atoms with van der Waals surface area (Å²) in [7, 11) is -3.90. The fraction of sp³-hybridized carbons (Fsp3) is 0.375. The van der Waals surface area contributed by atoms with Crippen LogP contribution in [-0.4, -0.2) is 65.3 Å². The lowest BCUT2D eigenvalue weighted by atomic mass is 9.97. The molecule has 2 aliphatic rings. The zero-order chi connectivity index (χ0) is 31.1. The summed E-state index contributed by atoms with van der Waals surface area (Å²) in [6.45, 7) is 0.184. The van der Waals surface area contributed by atoms with E-state index in [-0.39, 0.29) is 29.8 Å². The van der Waals surface area contributed by atoms with Gasteiger partial charge in [0.15, 0.2) is 0 Å². The Morgan fingerprint density at radius 1 is 1.02 bits per heavy atom. The van der Waals surface area contributed by atoms with Gasteiger partial charge in [0.25, 0.3) is 0 Å². The fourth-order valence-electron chi connectivity index (χ4n) is 5.76. The highest BCUT2D eigenvalue weighted by molar-refractivity contribution is 7.89. The number of aryl methyl sites for hydroxylation is 1. The third-order valence-corrected chi connectivity index (χ3v) is 10.0. The van der Waals surface area contributed by atoms with Gasteiger partial charge in [-0.25, -0.2) is 18.2 Å². The summed E-state index contributed by atoms with van der Waals surface area (Å²) >= 11 is 0. The van der Waals surface area contributed by atoms with E-state index in [0.29, 0.717) is 30.5 Å². The minimum absolute atomic E-state index is 0.000169. The third-order valence-electron chi connectivity index (χ3n) is 8.10. The molecule has 4 N–H and O–H groups in total. The van der Waals surface area contributed by atoms with Crippen LogP contribution in [0.25, 0.3) is 0 Å². The molecule has 12 heteroatoms. The molecule has 0 spiro atoms. The highest BCUT2D eigenvalue weighted by Crippen LogP contribution is 2.27. The number of carbonyl (C=O) groups is 3. The van der Waals surface area contributed by atoms with Crippen LogP contribution < -0.4 is 16.0 Å². The molecule has 1 aromatic heterocycles. The number of amides is 2. The van der Waals surface area contributed by atoms with Crippen molar-refractivity contribution in [1.82, 2.24) is 14.6 Å². The minimum Gasteiger partial charge on any atom is -0.480 e. The third kappa shape index (κ3) is 7.61. The van der Waals surface area contributed by atoms with E-state index < -0.39 is 34.0 Å². The molecule has 11 nitrogen and oxygen atoms in total. The highest BCUT2D eigenvalue weighted by atomic mass is 32.2. The number of carboxylic acid groups (broad SMARTS) is 1. The summed E-state index contributed by atoms with van der Waals surface area (Å²) in [6, 6.07) is 16.8. The molecule has 2 amide bonds. The summed E-state index contributed by atoms with van der Waals surface area (Å²) in [5.74, 6) is -1.04. The Hall–Kier alpha value is -4.29. The second-order valence-electron chi connectivity index (χ2n) is 11.2. The van der Waals surface area contributed by atoms with E-state index in [1.54, 1.807) is 48.7 Å². The molecule has 44 heavy (non-hydrogen) atoms. The molecule has 2 aromatic carbocycles. The van der Waals surface area contributed by atoms with Crippen LogP contribution in [0.2, 0.25) is 0 Å². The van der Waals surface area contributed by atoms with E-state index in [0.717, 1.165) is 35.8 Å². The van der Waals surface area contributed by atoms with Crippen molar-refractivity contribution < 1.29 is 27.9 Å². The van der Waals surface area contributed by atoms with Crippen molar-refractivity contribution in [2.24, 2.45) is 0 Å². The Morgan fingerprint density at radius 2 is 1.80 bits per heavy atom. The van der Waals surface area contributed by atoms with E-state index in [1.165, 1.54) is 17.7 Å². The van der Waals surface area contributed by atoms with Crippen LogP contribution in [0.4, 0.5) is 11.5 Å². The lowest BCUT2D eigenvalue weighted by Crippen LogP contribution is -2.51. The molecule has 1 fully saturated rings. The number of aliphatic carboxylic acids is 1. The number of aromatic nitrogens is 1. The molecule has 3 heterocycles. The van der Waals surface area contributed by atoms with Crippen molar-refractivity contribution in [3.63, 3.8) is 0 Å². The number of sulfonamides is 1. The maximum absolute atomic E-state index is 13.1. The van der Waals surface area contributed by atoms with Gasteiger partial charge in [-0.05, 0) is 80.0 Å². The Morgan fingerprint density at radius 3 is 2.55 bits per heavy atom. The van der Waals surface area contributed by atoms with Gasteiger partial charge in [0, 0.05) is 37.3 Å². The number of hydrogen-bond donors (Lipinski definition) is 4. The first-order chi connectivity index (χ1) is 21.2. The normalized spacial score (nSPS) is 18.9. The molecule has 1 unspecified atom stereocenters. The van der Waals surface area contributed by atoms with Crippen molar-refractivity contribution >= 4 is 39.3 Å². The Bertz CT molecular complexity index is 1580. The zero-order valence-corrected chi connectivity index (χ0v) is 25.1. The molecule has 0 aliphatic carbocycles. The van der Waals surface area contributed by atoms with Gasteiger partial charge >= 0.3 is 5.97 Å². The molecule has 3 aromatic rings. The van der Waals surface area contributed by atoms with Gasteiger partial charge in [0.05, 0.1) is 4.90 Å². The van der Waals surface area contributed by atoms with Crippen molar-refractivity contribution in [2.45, 2.75) is 74.4 Å². The molecular weight excluding hydrogens is 582 g/mol. The fourth-order valence-corrected chi connectivity index (χ4v) is 7.44. The van der Waals surface area contributed by atoms with Crippen LogP contribution >= 0.6 is 0 Å². The molecule has 232 valence electrons. The maximum Gasteiger partial charge on any atom is 0.326 e. The largest absolute Gasteiger partial charge is 0.480 e. The molecular formula is C32H37N5O6S. The molecule has 0 radical (unpaired) electrons. The van der Waals surface area contributed by atoms with Gasteiger partial charge in [-0.2, -0.15) is 4.31 Å². The van der Waals surface area contributed by atoms with Crippen LogP contribution in [0.15, 0.2) is 77.8 Å². The summed E-state index contributed by atoms with van der Waals surface area (Å²) in [6.07, 6.45) is 6.53. The molecule has 5 rings (SSSR count). The summed E-state index contributed by atoms with van der Waals surface area (Å²) in [5.41, 5.74) is 2.46. The highest BCUT2D eigenvalue weighted by Gasteiger charge is 2.40. The number of nitrogens with one attached hydrogen (secondary N) is 3. The van der Waals surface area contributed by atoms with Gasteiger partial charge in [-0.1, -0.05) is 36.4 Å². The van der Waals surface area contributed by atoms with Crippen molar-refractivity contribution in [2.75, 3.05) is 17.2 Å². The summed E-state index contributed by atoms with van der Waals surface area (Å²) in [4.78, 5) is 42.2.